The van der Waals surface area contributed by atoms with E-state index in [1.165, 1.54) is 11.6 Å². The molecule has 2 aliphatic rings. The fourth-order valence-corrected chi connectivity index (χ4v) is 4.00. The first-order valence-corrected chi connectivity index (χ1v) is 10.2. The van der Waals surface area contributed by atoms with Gasteiger partial charge in [0.2, 0.25) is 0 Å². The molecule has 2 heterocycles. The molecule has 4 nitrogen and oxygen atoms in total. The third-order valence-electron chi connectivity index (χ3n) is 5.29. The Kier molecular flexibility index (Phi) is 6.09. The van der Waals surface area contributed by atoms with Crippen LogP contribution in [-0.2, 0) is 0 Å². The molecule has 0 unspecified atom stereocenters. The summed E-state index contributed by atoms with van der Waals surface area (Å²) < 4.78 is 14.6. The van der Waals surface area contributed by atoms with E-state index in [0.717, 1.165) is 55.7 Å². The molecule has 3 N–H and O–H groups in total. The van der Waals surface area contributed by atoms with Crippen LogP contribution < -0.4 is 16.0 Å². The first-order chi connectivity index (χ1) is 14.1. The molecule has 0 aromatic heterocycles. The van der Waals surface area contributed by atoms with E-state index in [0.29, 0.717) is 10.7 Å². The summed E-state index contributed by atoms with van der Waals surface area (Å²) in [4.78, 5) is 12.6. The molecule has 0 atom stereocenters. The second kappa shape index (κ2) is 8.91. The zero-order valence-corrected chi connectivity index (χ0v) is 16.8. The number of rotatable bonds is 4. The van der Waals surface area contributed by atoms with Crippen molar-refractivity contribution in [3.8, 4) is 0 Å². The molecule has 2 aromatic carbocycles. The van der Waals surface area contributed by atoms with Crippen LogP contribution in [0.4, 0.5) is 10.1 Å². The van der Waals surface area contributed by atoms with Crippen LogP contribution in [-0.4, -0.2) is 32.1 Å². The molecular formula is C23H23ClFN3O. The summed E-state index contributed by atoms with van der Waals surface area (Å²) in [6, 6.07) is 10.2. The van der Waals surface area contributed by atoms with Crippen molar-refractivity contribution in [2.45, 2.75) is 12.8 Å². The summed E-state index contributed by atoms with van der Waals surface area (Å²) in [5.41, 5.74) is 4.65. The molecule has 0 spiro atoms. The van der Waals surface area contributed by atoms with Gasteiger partial charge >= 0.3 is 0 Å². The van der Waals surface area contributed by atoms with E-state index in [4.69, 9.17) is 11.6 Å². The van der Waals surface area contributed by atoms with Gasteiger partial charge in [-0.25, -0.2) is 4.39 Å². The highest BCUT2D eigenvalue weighted by Crippen LogP contribution is 2.30. The van der Waals surface area contributed by atoms with Crippen LogP contribution in [0.15, 0.2) is 48.6 Å². The van der Waals surface area contributed by atoms with E-state index >= 15 is 0 Å². The topological polar surface area (TPSA) is 53.2 Å². The Balaban J connectivity index is 1.50. The largest absolute Gasteiger partial charge is 0.322 e. The number of carbonyl (C=O) groups excluding carboxylic acids is 1. The molecule has 6 heteroatoms. The average molecular weight is 412 g/mol. The highest BCUT2D eigenvalue weighted by Gasteiger charge is 2.16. The van der Waals surface area contributed by atoms with Gasteiger partial charge in [-0.1, -0.05) is 35.9 Å². The Labute approximate surface area is 174 Å². The Morgan fingerprint density at radius 2 is 1.69 bits per heavy atom. The minimum absolute atomic E-state index is 0.0181. The number of anilines is 1. The van der Waals surface area contributed by atoms with Crippen molar-refractivity contribution in [2.24, 2.45) is 0 Å². The zero-order chi connectivity index (χ0) is 20.2. The Morgan fingerprint density at radius 1 is 0.966 bits per heavy atom. The molecule has 29 heavy (non-hydrogen) atoms. The number of benzene rings is 2. The van der Waals surface area contributed by atoms with E-state index in [-0.39, 0.29) is 5.56 Å². The van der Waals surface area contributed by atoms with Gasteiger partial charge in [-0.2, -0.15) is 0 Å². The molecule has 4 rings (SSSR count). The molecule has 1 amide bonds. The smallest absolute Gasteiger partial charge is 0.258 e. The SMILES string of the molecule is O=C(Nc1ccc(C2=CCNCC2)c(Cl)c1)c1ccc(C2=CCNCC2)cc1F. The van der Waals surface area contributed by atoms with Gasteiger partial charge in [0.1, 0.15) is 5.82 Å². The summed E-state index contributed by atoms with van der Waals surface area (Å²) in [5, 5.41) is 9.83. The van der Waals surface area contributed by atoms with Crippen LogP contribution in [0, 0.1) is 5.82 Å². The number of hydrogen-bond donors (Lipinski definition) is 3. The molecule has 2 aromatic rings. The maximum atomic E-state index is 14.6. The molecule has 2 aliphatic heterocycles. The maximum absolute atomic E-state index is 14.6. The molecule has 0 fully saturated rings. The lowest BCUT2D eigenvalue weighted by molar-refractivity contribution is 0.102. The van der Waals surface area contributed by atoms with Crippen LogP contribution in [0.2, 0.25) is 5.02 Å². The molecular weight excluding hydrogens is 389 g/mol. The molecule has 0 radical (unpaired) electrons. The van der Waals surface area contributed by atoms with Crippen LogP contribution in [0.25, 0.3) is 11.1 Å². The van der Waals surface area contributed by atoms with E-state index in [1.54, 1.807) is 24.3 Å². The van der Waals surface area contributed by atoms with Crippen LogP contribution in [0.3, 0.4) is 0 Å². The lowest BCUT2D eigenvalue weighted by atomic mass is 9.98. The lowest BCUT2D eigenvalue weighted by Gasteiger charge is -2.16. The normalized spacial score (nSPS) is 16.8. The van der Waals surface area contributed by atoms with Crippen molar-refractivity contribution in [3.05, 3.63) is 76.1 Å². The fourth-order valence-electron chi connectivity index (χ4n) is 3.70. The summed E-state index contributed by atoms with van der Waals surface area (Å²) in [6.45, 7) is 3.40. The molecule has 0 saturated heterocycles. The van der Waals surface area contributed by atoms with Gasteiger partial charge in [-0.15, -0.1) is 0 Å². The van der Waals surface area contributed by atoms with E-state index in [9.17, 15) is 9.18 Å². The van der Waals surface area contributed by atoms with Gasteiger partial charge in [-0.3, -0.25) is 4.79 Å². The fraction of sp³-hybridized carbons (Fsp3) is 0.261. The first kappa shape index (κ1) is 19.8. The van der Waals surface area contributed by atoms with Crippen molar-refractivity contribution in [3.63, 3.8) is 0 Å². The number of nitrogens with one attached hydrogen (secondary N) is 3. The average Bonchev–Trinajstić information content (AvgIpc) is 2.75. The summed E-state index contributed by atoms with van der Waals surface area (Å²) in [5.74, 6) is -1.01. The maximum Gasteiger partial charge on any atom is 0.258 e. The minimum Gasteiger partial charge on any atom is -0.322 e. The van der Waals surface area contributed by atoms with Crippen molar-refractivity contribution >= 4 is 34.3 Å². The monoisotopic (exact) mass is 411 g/mol. The van der Waals surface area contributed by atoms with Crippen molar-refractivity contribution in [2.75, 3.05) is 31.5 Å². The van der Waals surface area contributed by atoms with Crippen LogP contribution in [0.1, 0.15) is 34.3 Å². The third kappa shape index (κ3) is 4.58. The van der Waals surface area contributed by atoms with Gasteiger partial charge in [0.05, 0.1) is 10.6 Å². The molecule has 0 saturated carbocycles. The van der Waals surface area contributed by atoms with Gasteiger partial charge in [0, 0.05) is 18.8 Å². The molecule has 150 valence electrons. The summed E-state index contributed by atoms with van der Waals surface area (Å²) in [6.07, 6.45) is 5.94. The molecule has 0 aliphatic carbocycles. The van der Waals surface area contributed by atoms with Crippen molar-refractivity contribution < 1.29 is 9.18 Å². The number of carbonyl (C=O) groups is 1. The minimum atomic E-state index is -0.526. The van der Waals surface area contributed by atoms with E-state index < -0.39 is 11.7 Å². The summed E-state index contributed by atoms with van der Waals surface area (Å²) >= 11 is 6.43. The van der Waals surface area contributed by atoms with Gasteiger partial charge < -0.3 is 16.0 Å². The highest BCUT2D eigenvalue weighted by molar-refractivity contribution is 6.32. The predicted octanol–water partition coefficient (Wildman–Crippen LogP) is 4.48. The van der Waals surface area contributed by atoms with E-state index in [2.05, 4.69) is 28.1 Å². The van der Waals surface area contributed by atoms with Crippen LogP contribution >= 0.6 is 11.6 Å². The second-order valence-electron chi connectivity index (χ2n) is 7.21. The quantitative estimate of drug-likeness (QED) is 0.695. The Hall–Kier alpha value is -2.47. The Bertz CT molecular complexity index is 1000. The number of hydrogen-bond acceptors (Lipinski definition) is 3. The zero-order valence-electron chi connectivity index (χ0n) is 16.0. The highest BCUT2D eigenvalue weighted by atomic mass is 35.5. The number of halogens is 2. The van der Waals surface area contributed by atoms with Gasteiger partial charge in [0.25, 0.3) is 5.91 Å². The standard InChI is InChI=1S/C23H23ClFN3O/c24-21-14-18(2-4-19(21)16-7-11-27-12-8-16)28-23(29)20-3-1-17(13-22(20)25)15-5-9-26-10-6-15/h1-5,7,13-14,26-27H,6,8-12H2,(H,28,29). The number of amides is 1. The van der Waals surface area contributed by atoms with Crippen LogP contribution in [0.5, 0.6) is 0 Å². The van der Waals surface area contributed by atoms with Gasteiger partial charge in [0.15, 0.2) is 0 Å². The predicted molar refractivity (Wildman–Crippen MR) is 117 cm³/mol. The Morgan fingerprint density at radius 3 is 2.31 bits per heavy atom. The summed E-state index contributed by atoms with van der Waals surface area (Å²) in [7, 11) is 0. The second-order valence-corrected chi connectivity index (χ2v) is 7.62. The van der Waals surface area contributed by atoms with Crippen molar-refractivity contribution in [1.29, 1.82) is 0 Å². The third-order valence-corrected chi connectivity index (χ3v) is 5.60. The van der Waals surface area contributed by atoms with Gasteiger partial charge in [-0.05, 0) is 72.5 Å². The van der Waals surface area contributed by atoms with Crippen molar-refractivity contribution in [1.82, 2.24) is 10.6 Å². The molecule has 0 bridgehead atoms. The van der Waals surface area contributed by atoms with E-state index in [1.807, 2.05) is 6.07 Å². The first-order valence-electron chi connectivity index (χ1n) is 9.82. The lowest BCUT2D eigenvalue weighted by Crippen LogP contribution is -2.20.